The lowest BCUT2D eigenvalue weighted by atomic mass is 9.98. The molecule has 26 heavy (non-hydrogen) atoms. The minimum Gasteiger partial charge on any atom is -0.448 e. The summed E-state index contributed by atoms with van der Waals surface area (Å²) in [6.07, 6.45) is 0.204. The van der Waals surface area contributed by atoms with Crippen LogP contribution in [0.4, 0.5) is 4.79 Å². The van der Waals surface area contributed by atoms with Crippen LogP contribution in [0.5, 0.6) is 0 Å². The van der Waals surface area contributed by atoms with Crippen LogP contribution in [-0.2, 0) is 9.47 Å². The number of hydrogen-bond acceptors (Lipinski definition) is 4. The molecule has 0 spiro atoms. The molecule has 1 aliphatic carbocycles. The van der Waals surface area contributed by atoms with Crippen LogP contribution in [0.3, 0.4) is 0 Å². The van der Waals surface area contributed by atoms with Gasteiger partial charge in [-0.3, -0.25) is 0 Å². The number of methoxy groups -OCH3 is 1. The maximum atomic E-state index is 12.6. The third-order valence-corrected chi connectivity index (χ3v) is 5.49. The average Bonchev–Trinajstić information content (AvgIpc) is 3.25. The third kappa shape index (κ3) is 2.87. The van der Waals surface area contributed by atoms with E-state index >= 15 is 0 Å². The summed E-state index contributed by atoms with van der Waals surface area (Å²) in [7, 11) is 1.63. The molecule has 5 nitrogen and oxygen atoms in total. The molecule has 0 aromatic heterocycles. The van der Waals surface area contributed by atoms with Crippen molar-refractivity contribution in [1.82, 2.24) is 4.90 Å². The van der Waals surface area contributed by atoms with Gasteiger partial charge in [0.2, 0.25) is 0 Å². The Bertz CT molecular complexity index is 761. The maximum Gasteiger partial charge on any atom is 0.410 e. The quantitative estimate of drug-likeness (QED) is 0.918. The largest absolute Gasteiger partial charge is 0.448 e. The SMILES string of the molecule is CO[C@@H]1C[C@@H](CO)N(C(=O)OCC2c3ccccc3-c3ccccc32)C1. The first-order valence-corrected chi connectivity index (χ1v) is 8.98. The number of nitrogens with zero attached hydrogens (tertiary/aromatic N) is 1. The van der Waals surface area contributed by atoms with Gasteiger partial charge in [-0.1, -0.05) is 48.5 Å². The van der Waals surface area contributed by atoms with E-state index in [0.717, 1.165) is 0 Å². The Morgan fingerprint density at radius 2 is 1.73 bits per heavy atom. The molecule has 1 aliphatic heterocycles. The first-order chi connectivity index (χ1) is 12.7. The van der Waals surface area contributed by atoms with Gasteiger partial charge in [-0.2, -0.15) is 0 Å². The number of benzene rings is 2. The van der Waals surface area contributed by atoms with Crippen LogP contribution in [0.2, 0.25) is 0 Å². The number of rotatable bonds is 4. The van der Waals surface area contributed by atoms with Gasteiger partial charge in [0, 0.05) is 13.0 Å². The zero-order valence-electron chi connectivity index (χ0n) is 14.8. The number of carbonyl (C=O) groups is 1. The summed E-state index contributed by atoms with van der Waals surface area (Å²) in [5, 5.41) is 9.53. The van der Waals surface area contributed by atoms with Crippen LogP contribution in [-0.4, -0.2) is 55.1 Å². The van der Waals surface area contributed by atoms with Gasteiger partial charge in [0.15, 0.2) is 0 Å². The highest BCUT2D eigenvalue weighted by atomic mass is 16.6. The number of aliphatic hydroxyl groups excluding tert-OH is 1. The Morgan fingerprint density at radius 1 is 1.12 bits per heavy atom. The topological polar surface area (TPSA) is 59.0 Å². The first-order valence-electron chi connectivity index (χ1n) is 8.98. The van der Waals surface area contributed by atoms with Crippen LogP contribution in [0.15, 0.2) is 48.5 Å². The van der Waals surface area contributed by atoms with Crippen LogP contribution < -0.4 is 0 Å². The molecule has 2 aromatic carbocycles. The number of ether oxygens (including phenoxy) is 2. The van der Waals surface area contributed by atoms with Gasteiger partial charge in [0.1, 0.15) is 6.61 Å². The van der Waals surface area contributed by atoms with Gasteiger partial charge in [0.25, 0.3) is 0 Å². The smallest absolute Gasteiger partial charge is 0.410 e. The fourth-order valence-corrected chi connectivity index (χ4v) is 4.12. The fourth-order valence-electron chi connectivity index (χ4n) is 4.12. The van der Waals surface area contributed by atoms with E-state index in [9.17, 15) is 9.90 Å². The van der Waals surface area contributed by atoms with Gasteiger partial charge < -0.3 is 19.5 Å². The number of hydrogen-bond donors (Lipinski definition) is 1. The summed E-state index contributed by atoms with van der Waals surface area (Å²) < 4.78 is 11.0. The second kappa shape index (κ2) is 7.09. The average molecular weight is 353 g/mol. The number of likely N-dealkylation sites (tertiary alicyclic amines) is 1. The molecule has 0 unspecified atom stereocenters. The van der Waals surface area contributed by atoms with E-state index in [4.69, 9.17) is 9.47 Å². The second-order valence-corrected chi connectivity index (χ2v) is 6.89. The molecule has 2 aromatic rings. The van der Waals surface area contributed by atoms with Crippen molar-refractivity contribution in [2.45, 2.75) is 24.5 Å². The van der Waals surface area contributed by atoms with Gasteiger partial charge in [-0.05, 0) is 28.7 Å². The van der Waals surface area contributed by atoms with E-state index in [1.165, 1.54) is 22.3 Å². The van der Waals surface area contributed by atoms with Crippen molar-refractivity contribution in [2.24, 2.45) is 0 Å². The Morgan fingerprint density at radius 3 is 2.31 bits per heavy atom. The Labute approximate surface area is 153 Å². The Balaban J connectivity index is 1.51. The van der Waals surface area contributed by atoms with E-state index in [1.807, 2.05) is 24.3 Å². The number of aliphatic hydroxyl groups is 1. The molecular formula is C21H23NO4. The third-order valence-electron chi connectivity index (χ3n) is 5.49. The molecule has 1 heterocycles. The van der Waals surface area contributed by atoms with Crippen molar-refractivity contribution in [3.8, 4) is 11.1 Å². The van der Waals surface area contributed by atoms with E-state index in [0.29, 0.717) is 19.6 Å². The van der Waals surface area contributed by atoms with E-state index in [1.54, 1.807) is 12.0 Å². The van der Waals surface area contributed by atoms with Crippen LogP contribution >= 0.6 is 0 Å². The summed E-state index contributed by atoms with van der Waals surface area (Å²) in [5.74, 6) is 0.0414. The van der Waals surface area contributed by atoms with Gasteiger partial charge >= 0.3 is 6.09 Å². The van der Waals surface area contributed by atoms with Gasteiger partial charge in [-0.15, -0.1) is 0 Å². The fraction of sp³-hybridized carbons (Fsp3) is 0.381. The van der Waals surface area contributed by atoms with Crippen molar-refractivity contribution >= 4 is 6.09 Å². The molecule has 4 rings (SSSR count). The van der Waals surface area contributed by atoms with E-state index < -0.39 is 0 Å². The summed E-state index contributed by atoms with van der Waals surface area (Å²) in [6.45, 7) is 0.668. The lowest BCUT2D eigenvalue weighted by molar-refractivity contribution is 0.0762. The first kappa shape index (κ1) is 17.1. The van der Waals surface area contributed by atoms with E-state index in [2.05, 4.69) is 24.3 Å². The van der Waals surface area contributed by atoms with Crippen LogP contribution in [0.1, 0.15) is 23.5 Å². The summed E-state index contributed by atoms with van der Waals surface area (Å²) in [6, 6.07) is 16.3. The molecule has 1 N–H and O–H groups in total. The Hall–Kier alpha value is -2.37. The second-order valence-electron chi connectivity index (χ2n) is 6.89. The molecule has 2 aliphatic rings. The minimum atomic E-state index is -0.384. The molecule has 0 radical (unpaired) electrons. The molecule has 0 saturated carbocycles. The van der Waals surface area contributed by atoms with Crippen LogP contribution in [0.25, 0.3) is 11.1 Å². The summed E-state index contributed by atoms with van der Waals surface area (Å²) >= 11 is 0. The Kier molecular flexibility index (Phi) is 4.66. The summed E-state index contributed by atoms with van der Waals surface area (Å²) in [4.78, 5) is 14.2. The minimum absolute atomic E-state index is 0.0414. The van der Waals surface area contributed by atoms with Crippen molar-refractivity contribution in [1.29, 1.82) is 0 Å². The molecule has 1 amide bonds. The zero-order valence-corrected chi connectivity index (χ0v) is 14.8. The van der Waals surface area contributed by atoms with E-state index in [-0.39, 0.29) is 30.8 Å². The highest BCUT2D eigenvalue weighted by Crippen LogP contribution is 2.44. The number of amides is 1. The van der Waals surface area contributed by atoms with Gasteiger partial charge in [-0.25, -0.2) is 4.79 Å². The number of carbonyl (C=O) groups excluding carboxylic acids is 1. The lowest BCUT2D eigenvalue weighted by Gasteiger charge is -2.23. The maximum absolute atomic E-state index is 12.6. The molecule has 136 valence electrons. The molecule has 2 atom stereocenters. The molecule has 5 heteroatoms. The van der Waals surface area contributed by atoms with Crippen molar-refractivity contribution in [2.75, 3.05) is 26.9 Å². The molecule has 1 fully saturated rings. The van der Waals surface area contributed by atoms with Crippen molar-refractivity contribution in [3.63, 3.8) is 0 Å². The molecular weight excluding hydrogens is 330 g/mol. The summed E-state index contributed by atoms with van der Waals surface area (Å²) in [5.41, 5.74) is 4.80. The number of fused-ring (bicyclic) bond motifs is 3. The van der Waals surface area contributed by atoms with Gasteiger partial charge in [0.05, 0.1) is 25.3 Å². The van der Waals surface area contributed by atoms with Crippen LogP contribution in [0, 0.1) is 0 Å². The monoisotopic (exact) mass is 353 g/mol. The predicted octanol–water partition coefficient (Wildman–Crippen LogP) is 3.02. The zero-order chi connectivity index (χ0) is 18.1. The normalized spacial score (nSPS) is 21.5. The molecule has 1 saturated heterocycles. The highest BCUT2D eigenvalue weighted by molar-refractivity contribution is 5.79. The predicted molar refractivity (Wildman–Crippen MR) is 98.1 cm³/mol. The molecule has 0 bridgehead atoms. The standard InChI is InChI=1S/C21H23NO4/c1-25-15-10-14(12-23)22(11-15)21(24)26-13-20-18-8-4-2-6-16(18)17-7-3-5-9-19(17)20/h2-9,14-15,20,23H,10-13H2,1H3/t14-,15+/m0/s1. The lowest BCUT2D eigenvalue weighted by Crippen LogP contribution is -2.39. The van der Waals surface area contributed by atoms with Crippen molar-refractivity contribution < 1.29 is 19.4 Å². The highest BCUT2D eigenvalue weighted by Gasteiger charge is 2.37. The van der Waals surface area contributed by atoms with Crippen molar-refractivity contribution in [3.05, 3.63) is 59.7 Å².